The first-order valence-electron chi connectivity index (χ1n) is 7.29. The molecule has 0 saturated carbocycles. The van der Waals surface area contributed by atoms with Crippen molar-refractivity contribution in [3.05, 3.63) is 46.7 Å². The van der Waals surface area contributed by atoms with E-state index < -0.39 is 5.76 Å². The van der Waals surface area contributed by atoms with Gasteiger partial charge in [0.2, 0.25) is 0 Å². The van der Waals surface area contributed by atoms with Crippen LogP contribution in [0, 0.1) is 0 Å². The molecular formula is C16H16F2N2S3. The fourth-order valence-electron chi connectivity index (χ4n) is 2.70. The van der Waals surface area contributed by atoms with Crippen molar-refractivity contribution in [1.29, 1.82) is 0 Å². The van der Waals surface area contributed by atoms with E-state index in [0.717, 1.165) is 25.1 Å². The molecule has 1 atom stereocenters. The standard InChI is InChI=1S/C16H16F2N2S3/c17-15(18)23-12-7-5-11(6-8-12)19-16(21)20-9-1-3-13(20)14-4-2-10-22-14/h2,4-8,10,13,15H,1,3,9H2,(H,19,21)/t13-/m0/s1. The van der Waals surface area contributed by atoms with Gasteiger partial charge in [-0.1, -0.05) is 17.8 Å². The first-order valence-corrected chi connectivity index (χ1v) is 9.46. The van der Waals surface area contributed by atoms with Crippen molar-refractivity contribution in [2.45, 2.75) is 29.5 Å². The molecule has 1 aromatic carbocycles. The molecular weight excluding hydrogens is 354 g/mol. The summed E-state index contributed by atoms with van der Waals surface area (Å²) in [5.41, 5.74) is 0.824. The largest absolute Gasteiger partial charge is 0.341 e. The molecule has 1 fully saturated rings. The van der Waals surface area contributed by atoms with Crippen molar-refractivity contribution in [2.24, 2.45) is 0 Å². The van der Waals surface area contributed by atoms with Gasteiger partial charge < -0.3 is 10.2 Å². The van der Waals surface area contributed by atoms with Gasteiger partial charge in [-0.3, -0.25) is 0 Å². The molecule has 23 heavy (non-hydrogen) atoms. The van der Waals surface area contributed by atoms with E-state index in [1.165, 1.54) is 4.88 Å². The second-order valence-electron chi connectivity index (χ2n) is 5.20. The molecule has 1 aliphatic heterocycles. The van der Waals surface area contributed by atoms with Crippen LogP contribution in [-0.4, -0.2) is 22.3 Å². The number of halogens is 2. The molecule has 1 N–H and O–H groups in total. The van der Waals surface area contributed by atoms with Gasteiger partial charge in [0.25, 0.3) is 5.76 Å². The van der Waals surface area contributed by atoms with Gasteiger partial charge in [-0.15, -0.1) is 11.3 Å². The number of nitrogens with zero attached hydrogens (tertiary/aromatic N) is 1. The number of likely N-dealkylation sites (tertiary alicyclic amines) is 1. The lowest BCUT2D eigenvalue weighted by atomic mass is 10.2. The average molecular weight is 371 g/mol. The summed E-state index contributed by atoms with van der Waals surface area (Å²) in [6.07, 6.45) is 2.22. The zero-order valence-electron chi connectivity index (χ0n) is 12.2. The molecule has 0 spiro atoms. The Kier molecular flexibility index (Phi) is 5.50. The fourth-order valence-corrected chi connectivity index (χ4v) is 4.41. The quantitative estimate of drug-likeness (QED) is 0.556. The maximum Gasteiger partial charge on any atom is 0.288 e. The van der Waals surface area contributed by atoms with Crippen molar-refractivity contribution >= 4 is 46.1 Å². The summed E-state index contributed by atoms with van der Waals surface area (Å²) < 4.78 is 24.7. The molecule has 1 saturated heterocycles. The first kappa shape index (κ1) is 16.7. The highest BCUT2D eigenvalue weighted by Gasteiger charge is 2.28. The highest BCUT2D eigenvalue weighted by Crippen LogP contribution is 2.35. The van der Waals surface area contributed by atoms with Gasteiger partial charge in [0.15, 0.2) is 5.11 Å². The molecule has 0 bridgehead atoms. The number of hydrogen-bond donors (Lipinski definition) is 1. The van der Waals surface area contributed by atoms with Gasteiger partial charge >= 0.3 is 0 Å². The van der Waals surface area contributed by atoms with Gasteiger partial charge in [-0.25, -0.2) is 0 Å². The van der Waals surface area contributed by atoms with Crippen LogP contribution in [0.25, 0.3) is 0 Å². The molecule has 2 nitrogen and oxygen atoms in total. The fraction of sp³-hybridized carbons (Fsp3) is 0.312. The van der Waals surface area contributed by atoms with Crippen LogP contribution < -0.4 is 5.32 Å². The topological polar surface area (TPSA) is 15.3 Å². The molecule has 2 heterocycles. The second-order valence-corrected chi connectivity index (χ2v) is 7.63. The van der Waals surface area contributed by atoms with E-state index in [0.29, 0.717) is 27.8 Å². The van der Waals surface area contributed by atoms with E-state index in [1.807, 2.05) is 0 Å². The minimum Gasteiger partial charge on any atom is -0.341 e. The molecule has 122 valence electrons. The van der Waals surface area contributed by atoms with E-state index in [2.05, 4.69) is 27.7 Å². The van der Waals surface area contributed by atoms with E-state index in [4.69, 9.17) is 12.2 Å². The summed E-state index contributed by atoms with van der Waals surface area (Å²) in [5, 5.41) is 6.00. The Morgan fingerprint density at radius 1 is 1.30 bits per heavy atom. The van der Waals surface area contributed by atoms with Gasteiger partial charge in [0.1, 0.15) is 0 Å². The zero-order valence-corrected chi connectivity index (χ0v) is 14.7. The van der Waals surface area contributed by atoms with E-state index in [-0.39, 0.29) is 0 Å². The minimum absolute atomic E-state index is 0.337. The van der Waals surface area contributed by atoms with Gasteiger partial charge in [0.05, 0.1) is 6.04 Å². The number of thiocarbonyl (C=S) groups is 1. The Labute approximate surface area is 147 Å². The SMILES string of the molecule is FC(F)Sc1ccc(NC(=S)N2CCC[C@H]2c2cccs2)cc1. The highest BCUT2D eigenvalue weighted by molar-refractivity contribution is 7.99. The Morgan fingerprint density at radius 2 is 2.09 bits per heavy atom. The number of anilines is 1. The molecule has 0 radical (unpaired) electrons. The summed E-state index contributed by atoms with van der Waals surface area (Å²) in [6.45, 7) is 0.938. The number of thiophene rings is 1. The number of hydrogen-bond acceptors (Lipinski definition) is 3. The van der Waals surface area contributed by atoms with Crippen molar-refractivity contribution in [2.75, 3.05) is 11.9 Å². The Hall–Kier alpha value is -1.18. The van der Waals surface area contributed by atoms with Crippen molar-refractivity contribution in [3.63, 3.8) is 0 Å². The Balaban J connectivity index is 1.64. The Bertz CT molecular complexity index is 644. The predicted octanol–water partition coefficient (Wildman–Crippen LogP) is 5.60. The first-order chi connectivity index (χ1) is 11.1. The van der Waals surface area contributed by atoms with Crippen LogP contribution in [0.4, 0.5) is 14.5 Å². The maximum absolute atomic E-state index is 12.3. The van der Waals surface area contributed by atoms with Crippen LogP contribution >= 0.6 is 35.3 Å². The summed E-state index contributed by atoms with van der Waals surface area (Å²) in [5.74, 6) is -2.40. The molecule has 0 aliphatic carbocycles. The molecule has 1 aliphatic rings. The summed E-state index contributed by atoms with van der Waals surface area (Å²) in [6, 6.07) is 11.5. The smallest absolute Gasteiger partial charge is 0.288 e. The van der Waals surface area contributed by atoms with Crippen LogP contribution in [0.2, 0.25) is 0 Å². The zero-order chi connectivity index (χ0) is 16.2. The molecule has 0 amide bonds. The van der Waals surface area contributed by atoms with E-state index in [1.54, 1.807) is 35.6 Å². The normalized spacial score (nSPS) is 17.7. The molecule has 7 heteroatoms. The number of rotatable bonds is 4. The van der Waals surface area contributed by atoms with E-state index >= 15 is 0 Å². The van der Waals surface area contributed by atoms with Crippen LogP contribution in [0.5, 0.6) is 0 Å². The third kappa shape index (κ3) is 4.22. The second kappa shape index (κ2) is 7.59. The number of benzene rings is 1. The minimum atomic E-state index is -2.40. The van der Waals surface area contributed by atoms with Crippen LogP contribution in [-0.2, 0) is 0 Å². The number of nitrogens with one attached hydrogen (secondary N) is 1. The molecule has 3 rings (SSSR count). The third-order valence-electron chi connectivity index (χ3n) is 3.72. The van der Waals surface area contributed by atoms with Gasteiger partial charge in [-0.2, -0.15) is 8.78 Å². The Morgan fingerprint density at radius 3 is 2.74 bits per heavy atom. The highest BCUT2D eigenvalue weighted by atomic mass is 32.2. The lowest BCUT2D eigenvalue weighted by Crippen LogP contribution is -2.33. The van der Waals surface area contributed by atoms with Crippen LogP contribution in [0.1, 0.15) is 23.8 Å². The number of alkyl halides is 2. The van der Waals surface area contributed by atoms with Crippen molar-refractivity contribution in [3.8, 4) is 0 Å². The third-order valence-corrected chi connectivity index (χ3v) is 5.75. The van der Waals surface area contributed by atoms with Crippen LogP contribution in [0.3, 0.4) is 0 Å². The van der Waals surface area contributed by atoms with Crippen molar-refractivity contribution in [1.82, 2.24) is 4.90 Å². The van der Waals surface area contributed by atoms with E-state index in [9.17, 15) is 8.78 Å². The monoisotopic (exact) mass is 370 g/mol. The molecule has 0 unspecified atom stereocenters. The van der Waals surface area contributed by atoms with Gasteiger partial charge in [0, 0.05) is 22.0 Å². The summed E-state index contributed by atoms with van der Waals surface area (Å²) >= 11 is 7.84. The number of thioether (sulfide) groups is 1. The van der Waals surface area contributed by atoms with Crippen LogP contribution in [0.15, 0.2) is 46.7 Å². The molecule has 1 aromatic heterocycles. The summed E-state index contributed by atoms with van der Waals surface area (Å²) in [4.78, 5) is 4.09. The van der Waals surface area contributed by atoms with Gasteiger partial charge in [-0.05, 0) is 60.8 Å². The average Bonchev–Trinajstić information content (AvgIpc) is 3.19. The molecule has 2 aromatic rings. The maximum atomic E-state index is 12.3. The lowest BCUT2D eigenvalue weighted by molar-refractivity contribution is 0.252. The van der Waals surface area contributed by atoms with Crippen molar-refractivity contribution < 1.29 is 8.78 Å². The lowest BCUT2D eigenvalue weighted by Gasteiger charge is -2.27. The predicted molar refractivity (Wildman–Crippen MR) is 97.5 cm³/mol. The summed E-state index contributed by atoms with van der Waals surface area (Å²) in [7, 11) is 0.